The van der Waals surface area contributed by atoms with Gasteiger partial charge in [-0.05, 0) is 34.3 Å². The summed E-state index contributed by atoms with van der Waals surface area (Å²) in [5, 5.41) is 40.5. The Bertz CT molecular complexity index is 640. The Morgan fingerprint density at radius 1 is 1.00 bits per heavy atom. The maximum absolute atomic E-state index is 10.7. The van der Waals surface area contributed by atoms with Crippen molar-refractivity contribution in [2.75, 3.05) is 6.61 Å². The molecular weight excluding hydrogens is 468 g/mol. The van der Waals surface area contributed by atoms with Crippen molar-refractivity contribution in [2.24, 2.45) is 0 Å². The van der Waals surface area contributed by atoms with Crippen LogP contribution in [0.25, 0.3) is 0 Å². The molecule has 8 heteroatoms. The first kappa shape index (κ1) is 27.1. The molecular formula is C22H37BrO6Si. The molecule has 3 atom stereocenters. The highest BCUT2D eigenvalue weighted by molar-refractivity contribution is 9.10. The summed E-state index contributed by atoms with van der Waals surface area (Å²) in [7, 11) is -2.23. The maximum atomic E-state index is 10.7. The quantitative estimate of drug-likeness (QED) is 0.230. The molecule has 172 valence electrons. The maximum Gasteiger partial charge on any atom is 0.200 e. The second kappa shape index (κ2) is 12.2. The van der Waals surface area contributed by atoms with Gasteiger partial charge in [-0.3, -0.25) is 0 Å². The van der Waals surface area contributed by atoms with Gasteiger partial charge in [-0.25, -0.2) is 0 Å². The van der Waals surface area contributed by atoms with Gasteiger partial charge < -0.3 is 29.6 Å². The average molecular weight is 506 g/mol. The van der Waals surface area contributed by atoms with E-state index in [1.165, 1.54) is 0 Å². The van der Waals surface area contributed by atoms with Gasteiger partial charge >= 0.3 is 0 Å². The summed E-state index contributed by atoms with van der Waals surface area (Å²) in [6.45, 7) is 12.8. The molecule has 0 radical (unpaired) electrons. The highest BCUT2D eigenvalue weighted by Gasteiger charge is 2.46. The molecule has 1 rings (SSSR count). The fraction of sp³-hybridized carbons (Fsp3) is 0.636. The molecule has 0 spiro atoms. The van der Waals surface area contributed by atoms with E-state index in [2.05, 4.69) is 57.5 Å². The van der Waals surface area contributed by atoms with E-state index < -0.39 is 32.4 Å². The van der Waals surface area contributed by atoms with Crippen LogP contribution in [0.4, 0.5) is 0 Å². The summed E-state index contributed by atoms with van der Waals surface area (Å²) in [6.07, 6.45) is -3.57. The molecule has 0 aliphatic carbocycles. The topological polar surface area (TPSA) is 99.4 Å². The first-order valence-electron chi connectivity index (χ1n) is 10.4. The van der Waals surface area contributed by atoms with Crippen LogP contribution in [0.5, 0.6) is 0 Å². The first-order chi connectivity index (χ1) is 14.0. The molecule has 0 saturated heterocycles. The fourth-order valence-corrected chi connectivity index (χ4v) is 9.95. The fourth-order valence-electron chi connectivity index (χ4n) is 4.23. The van der Waals surface area contributed by atoms with E-state index in [0.717, 1.165) is 10.0 Å². The summed E-state index contributed by atoms with van der Waals surface area (Å²) in [5.41, 5.74) is 1.81. The van der Waals surface area contributed by atoms with Crippen LogP contribution in [0.15, 0.2) is 40.8 Å². The number of ether oxygens (including phenoxy) is 1. The van der Waals surface area contributed by atoms with Crippen LogP contribution in [-0.4, -0.2) is 53.7 Å². The third-order valence-electron chi connectivity index (χ3n) is 5.68. The summed E-state index contributed by atoms with van der Waals surface area (Å²) >= 11 is 3.36. The summed E-state index contributed by atoms with van der Waals surface area (Å²) in [5.74, 6) is -0.557. The molecule has 0 aliphatic heterocycles. The van der Waals surface area contributed by atoms with Crippen molar-refractivity contribution in [3.63, 3.8) is 0 Å². The number of hydrogen-bond donors (Lipinski definition) is 4. The molecule has 0 fully saturated rings. The second-order valence-electron chi connectivity index (χ2n) is 8.60. The molecule has 30 heavy (non-hydrogen) atoms. The van der Waals surface area contributed by atoms with Gasteiger partial charge in [0.15, 0.2) is 14.1 Å². The Labute approximate surface area is 189 Å². The number of benzene rings is 1. The number of halogens is 1. The van der Waals surface area contributed by atoms with Gasteiger partial charge in [0.05, 0.1) is 13.2 Å². The largest absolute Gasteiger partial charge is 0.512 e. The summed E-state index contributed by atoms with van der Waals surface area (Å²) < 4.78 is 12.9. The van der Waals surface area contributed by atoms with Gasteiger partial charge in [0, 0.05) is 4.47 Å². The van der Waals surface area contributed by atoms with Crippen LogP contribution < -0.4 is 0 Å². The predicted octanol–water partition coefficient (Wildman–Crippen LogP) is 5.21. The van der Waals surface area contributed by atoms with E-state index in [1.54, 1.807) is 0 Å². The number of aliphatic hydroxyl groups excluding tert-OH is 4. The van der Waals surface area contributed by atoms with E-state index in [1.807, 2.05) is 24.3 Å². The van der Waals surface area contributed by atoms with Crippen LogP contribution in [-0.2, 0) is 15.8 Å². The van der Waals surface area contributed by atoms with Crippen molar-refractivity contribution in [2.45, 2.75) is 83.1 Å². The molecule has 1 aromatic carbocycles. The molecule has 6 nitrogen and oxygen atoms in total. The highest BCUT2D eigenvalue weighted by atomic mass is 79.9. The SMILES string of the molecule is CC(C)[Si](OC[C@@H](O)[C@@H](O)[C@H](OCc1ccc(Br)cc1)C(O)=CO)(C(C)C)C(C)C. The predicted molar refractivity (Wildman–Crippen MR) is 125 cm³/mol. The van der Waals surface area contributed by atoms with Gasteiger partial charge in [0.2, 0.25) is 0 Å². The lowest BCUT2D eigenvalue weighted by Gasteiger charge is -2.43. The van der Waals surface area contributed by atoms with Crippen molar-refractivity contribution >= 4 is 24.2 Å². The highest BCUT2D eigenvalue weighted by Crippen LogP contribution is 2.42. The van der Waals surface area contributed by atoms with Crippen LogP contribution in [0.1, 0.15) is 47.1 Å². The van der Waals surface area contributed by atoms with Gasteiger partial charge in [-0.15, -0.1) is 0 Å². The smallest absolute Gasteiger partial charge is 0.200 e. The molecule has 0 aliphatic rings. The lowest BCUT2D eigenvalue weighted by atomic mass is 10.1. The molecule has 0 saturated carbocycles. The first-order valence-corrected chi connectivity index (χ1v) is 13.3. The minimum Gasteiger partial charge on any atom is -0.512 e. The molecule has 0 aromatic heterocycles. The lowest BCUT2D eigenvalue weighted by Crippen LogP contribution is -2.51. The second-order valence-corrected chi connectivity index (χ2v) is 15.0. The third kappa shape index (κ3) is 6.80. The zero-order valence-corrected chi connectivity index (χ0v) is 21.3. The van der Waals surface area contributed by atoms with E-state index in [4.69, 9.17) is 9.16 Å². The standard InChI is InChI=1S/C22H37BrO6Si/c1-14(2)30(15(3)4,16(5)6)29-13-20(26)21(27)22(19(25)11-24)28-12-17-7-9-18(23)10-8-17/h7-11,14-16,20-22,24-27H,12-13H2,1-6H3/t20-,21-,22-/m1/s1. The van der Waals surface area contributed by atoms with Crippen molar-refractivity contribution in [3.8, 4) is 0 Å². The third-order valence-corrected chi connectivity index (χ3v) is 12.3. The minimum atomic E-state index is -2.23. The van der Waals surface area contributed by atoms with Gasteiger partial charge in [0.1, 0.15) is 24.6 Å². The molecule has 0 bridgehead atoms. The molecule has 0 amide bonds. The Hall–Kier alpha value is -0.903. The Morgan fingerprint density at radius 2 is 1.50 bits per heavy atom. The van der Waals surface area contributed by atoms with Crippen LogP contribution in [0, 0.1) is 0 Å². The van der Waals surface area contributed by atoms with E-state index in [-0.39, 0.29) is 13.2 Å². The Kier molecular flexibility index (Phi) is 11.0. The van der Waals surface area contributed by atoms with Gasteiger partial charge in [-0.2, -0.15) is 0 Å². The Balaban J connectivity index is 2.90. The van der Waals surface area contributed by atoms with Crippen molar-refractivity contribution in [3.05, 3.63) is 46.3 Å². The van der Waals surface area contributed by atoms with Gasteiger partial charge in [-0.1, -0.05) is 69.6 Å². The van der Waals surface area contributed by atoms with Crippen LogP contribution in [0.2, 0.25) is 16.6 Å². The number of aliphatic hydroxyl groups is 4. The van der Waals surface area contributed by atoms with E-state index >= 15 is 0 Å². The number of rotatable bonds is 12. The van der Waals surface area contributed by atoms with Crippen LogP contribution in [0.3, 0.4) is 0 Å². The zero-order valence-electron chi connectivity index (χ0n) is 18.7. The monoisotopic (exact) mass is 504 g/mol. The van der Waals surface area contributed by atoms with Crippen LogP contribution >= 0.6 is 15.9 Å². The van der Waals surface area contributed by atoms with Crippen molar-refractivity contribution in [1.82, 2.24) is 0 Å². The zero-order chi connectivity index (χ0) is 23.1. The molecule has 4 N–H and O–H groups in total. The molecule has 0 unspecified atom stereocenters. The van der Waals surface area contributed by atoms with Crippen molar-refractivity contribution < 1.29 is 29.6 Å². The number of hydrogen-bond acceptors (Lipinski definition) is 6. The molecule has 0 heterocycles. The summed E-state index contributed by atoms with van der Waals surface area (Å²) in [4.78, 5) is 0. The minimum absolute atomic E-state index is 0.0707. The van der Waals surface area contributed by atoms with E-state index in [0.29, 0.717) is 22.9 Å². The van der Waals surface area contributed by atoms with Gasteiger partial charge in [0.25, 0.3) is 0 Å². The van der Waals surface area contributed by atoms with E-state index in [9.17, 15) is 20.4 Å². The average Bonchev–Trinajstić information content (AvgIpc) is 2.68. The molecule has 1 aromatic rings. The Morgan fingerprint density at radius 3 is 1.93 bits per heavy atom. The lowest BCUT2D eigenvalue weighted by molar-refractivity contribution is -0.103. The normalized spacial score (nSPS) is 16.3. The van der Waals surface area contributed by atoms with Crippen molar-refractivity contribution in [1.29, 1.82) is 0 Å². The summed E-state index contributed by atoms with van der Waals surface area (Å²) in [6, 6.07) is 7.37.